The van der Waals surface area contributed by atoms with Gasteiger partial charge in [-0.15, -0.1) is 0 Å². The third-order valence-electron chi connectivity index (χ3n) is 4.97. The Hall–Kier alpha value is -2.12. The maximum atomic E-state index is 12.3. The van der Waals surface area contributed by atoms with Crippen molar-refractivity contribution in [2.75, 3.05) is 25.4 Å². The Labute approximate surface area is 160 Å². The molecule has 0 radical (unpaired) electrons. The number of hydrogen-bond donors (Lipinski definition) is 1. The Balaban J connectivity index is 1.36. The van der Waals surface area contributed by atoms with E-state index in [4.69, 9.17) is 4.42 Å². The molecule has 7 heteroatoms. The minimum atomic E-state index is -3.21. The molecule has 146 valence electrons. The molecule has 1 aromatic carbocycles. The predicted octanol–water partition coefficient (Wildman–Crippen LogP) is 2.47. The van der Waals surface area contributed by atoms with E-state index in [1.807, 2.05) is 12.1 Å². The van der Waals surface area contributed by atoms with Crippen LogP contribution in [0.3, 0.4) is 0 Å². The molecule has 0 spiro atoms. The van der Waals surface area contributed by atoms with Crippen LogP contribution in [0.1, 0.15) is 25.0 Å². The lowest BCUT2D eigenvalue weighted by molar-refractivity contribution is -0.126. The summed E-state index contributed by atoms with van der Waals surface area (Å²) in [5.74, 6) is 0.989. The average molecular weight is 391 g/mol. The molecule has 1 amide bonds. The van der Waals surface area contributed by atoms with E-state index in [2.05, 4.69) is 10.2 Å². The maximum absolute atomic E-state index is 12.3. The van der Waals surface area contributed by atoms with Gasteiger partial charge in [0.2, 0.25) is 5.91 Å². The molecule has 1 aliphatic rings. The zero-order valence-electron chi connectivity index (χ0n) is 15.3. The number of nitrogens with zero attached hydrogens (tertiary/aromatic N) is 1. The zero-order chi connectivity index (χ0) is 19.1. The topological polar surface area (TPSA) is 79.6 Å². The second-order valence-electron chi connectivity index (χ2n) is 6.90. The molecule has 0 aliphatic carbocycles. The van der Waals surface area contributed by atoms with Gasteiger partial charge in [0, 0.05) is 5.92 Å². The molecular weight excluding hydrogens is 364 g/mol. The largest absolute Gasteiger partial charge is 0.467 e. The van der Waals surface area contributed by atoms with Crippen molar-refractivity contribution in [1.82, 2.24) is 10.2 Å². The zero-order valence-corrected chi connectivity index (χ0v) is 16.2. The number of carbonyl (C=O) groups is 1. The number of carbonyl (C=O) groups excluding carboxylic acids is 1. The number of furan rings is 1. The quantitative estimate of drug-likeness (QED) is 0.749. The molecule has 2 aromatic rings. The molecule has 0 saturated carbocycles. The molecule has 1 N–H and O–H groups in total. The van der Waals surface area contributed by atoms with Gasteiger partial charge in [-0.1, -0.05) is 18.2 Å². The summed E-state index contributed by atoms with van der Waals surface area (Å²) in [5, 5.41) is 2.92. The number of piperidine rings is 1. The summed E-state index contributed by atoms with van der Waals surface area (Å²) in [5.41, 5.74) is 0. The highest BCUT2D eigenvalue weighted by molar-refractivity contribution is 7.91. The number of sulfone groups is 1. The van der Waals surface area contributed by atoms with Gasteiger partial charge in [0.05, 0.1) is 23.5 Å². The average Bonchev–Trinajstić information content (AvgIpc) is 3.21. The van der Waals surface area contributed by atoms with Crippen molar-refractivity contribution in [3.8, 4) is 0 Å². The summed E-state index contributed by atoms with van der Waals surface area (Å²) in [6.07, 6.45) is 3.80. The summed E-state index contributed by atoms with van der Waals surface area (Å²) < 4.78 is 29.8. The van der Waals surface area contributed by atoms with Crippen molar-refractivity contribution >= 4 is 15.7 Å². The van der Waals surface area contributed by atoms with Crippen molar-refractivity contribution in [3.63, 3.8) is 0 Å². The first kappa shape index (κ1) is 19.6. The highest BCUT2D eigenvalue weighted by atomic mass is 32.2. The minimum absolute atomic E-state index is 0.0178. The molecule has 0 atom stereocenters. The molecule has 3 rings (SSSR count). The van der Waals surface area contributed by atoms with E-state index < -0.39 is 9.84 Å². The van der Waals surface area contributed by atoms with Crippen molar-refractivity contribution in [2.45, 2.75) is 30.7 Å². The van der Waals surface area contributed by atoms with Gasteiger partial charge in [-0.3, -0.25) is 4.79 Å². The van der Waals surface area contributed by atoms with Crippen LogP contribution in [-0.2, 0) is 21.2 Å². The Morgan fingerprint density at radius 2 is 1.85 bits per heavy atom. The molecule has 0 bridgehead atoms. The van der Waals surface area contributed by atoms with E-state index >= 15 is 0 Å². The van der Waals surface area contributed by atoms with Crippen LogP contribution in [0.25, 0.3) is 0 Å². The van der Waals surface area contributed by atoms with Gasteiger partial charge in [-0.05, 0) is 63.2 Å². The molecule has 0 unspecified atom stereocenters. The number of benzene rings is 1. The monoisotopic (exact) mass is 390 g/mol. The fraction of sp³-hybridized carbons (Fsp3) is 0.450. The van der Waals surface area contributed by atoms with E-state index in [1.54, 1.807) is 36.6 Å². The Morgan fingerprint density at radius 3 is 2.52 bits per heavy atom. The molecule has 1 aliphatic heterocycles. The minimum Gasteiger partial charge on any atom is -0.467 e. The number of likely N-dealkylation sites (tertiary alicyclic amines) is 1. The van der Waals surface area contributed by atoms with Gasteiger partial charge < -0.3 is 14.6 Å². The van der Waals surface area contributed by atoms with Gasteiger partial charge in [0.1, 0.15) is 5.76 Å². The van der Waals surface area contributed by atoms with Crippen molar-refractivity contribution in [2.24, 2.45) is 5.92 Å². The summed E-state index contributed by atoms with van der Waals surface area (Å²) in [6, 6.07) is 12.2. The first-order valence-corrected chi connectivity index (χ1v) is 11.0. The van der Waals surface area contributed by atoms with Crippen molar-refractivity contribution in [3.05, 3.63) is 54.5 Å². The first-order valence-electron chi connectivity index (χ1n) is 9.35. The fourth-order valence-corrected chi connectivity index (χ4v) is 4.69. The molecule has 1 aromatic heterocycles. The SMILES string of the molecule is O=C(NCc1ccco1)C1CCN(CCCS(=O)(=O)c2ccccc2)CC1. The van der Waals surface area contributed by atoms with Crippen LogP contribution < -0.4 is 5.32 Å². The van der Waals surface area contributed by atoms with E-state index in [1.165, 1.54) is 0 Å². The highest BCUT2D eigenvalue weighted by Gasteiger charge is 2.25. The van der Waals surface area contributed by atoms with Crippen LogP contribution in [0.5, 0.6) is 0 Å². The second-order valence-corrected chi connectivity index (χ2v) is 9.01. The van der Waals surface area contributed by atoms with Crippen LogP contribution in [0.4, 0.5) is 0 Å². The molecule has 6 nitrogen and oxygen atoms in total. The smallest absolute Gasteiger partial charge is 0.223 e. The van der Waals surface area contributed by atoms with E-state index in [0.29, 0.717) is 17.9 Å². The Morgan fingerprint density at radius 1 is 1.11 bits per heavy atom. The first-order chi connectivity index (χ1) is 13.0. The number of hydrogen-bond acceptors (Lipinski definition) is 5. The second kappa shape index (κ2) is 9.19. The van der Waals surface area contributed by atoms with Crippen molar-refractivity contribution in [1.29, 1.82) is 0 Å². The summed E-state index contributed by atoms with van der Waals surface area (Å²) in [6.45, 7) is 2.81. The van der Waals surface area contributed by atoms with Gasteiger partial charge in [-0.25, -0.2) is 8.42 Å². The lowest BCUT2D eigenvalue weighted by Crippen LogP contribution is -2.40. The normalized spacial score (nSPS) is 16.3. The number of amides is 1. The van der Waals surface area contributed by atoms with Gasteiger partial charge in [0.15, 0.2) is 9.84 Å². The molecule has 1 fully saturated rings. The van der Waals surface area contributed by atoms with Gasteiger partial charge >= 0.3 is 0 Å². The van der Waals surface area contributed by atoms with E-state index in [0.717, 1.165) is 38.2 Å². The predicted molar refractivity (Wildman–Crippen MR) is 103 cm³/mol. The third-order valence-corrected chi connectivity index (χ3v) is 6.78. The Kier molecular flexibility index (Phi) is 6.68. The molecule has 27 heavy (non-hydrogen) atoms. The molecular formula is C20H26N2O4S. The lowest BCUT2D eigenvalue weighted by Gasteiger charge is -2.31. The van der Waals surface area contributed by atoms with Crippen LogP contribution in [0.15, 0.2) is 58.0 Å². The lowest BCUT2D eigenvalue weighted by atomic mass is 9.96. The summed E-state index contributed by atoms with van der Waals surface area (Å²) >= 11 is 0. The van der Waals surface area contributed by atoms with E-state index in [9.17, 15) is 13.2 Å². The van der Waals surface area contributed by atoms with Crippen molar-refractivity contribution < 1.29 is 17.6 Å². The third kappa shape index (κ3) is 5.68. The van der Waals surface area contributed by atoms with Crippen LogP contribution in [-0.4, -0.2) is 44.6 Å². The van der Waals surface area contributed by atoms with Gasteiger partial charge in [-0.2, -0.15) is 0 Å². The van der Waals surface area contributed by atoms with Crippen LogP contribution >= 0.6 is 0 Å². The molecule has 1 saturated heterocycles. The standard InChI is InChI=1S/C20H26N2O4S/c23-20(21-16-18-6-4-14-26-18)17-9-12-22(13-10-17)11-5-15-27(24,25)19-7-2-1-3-8-19/h1-4,6-8,14,17H,5,9-13,15-16H2,(H,21,23). The maximum Gasteiger partial charge on any atom is 0.223 e. The number of rotatable bonds is 8. The van der Waals surface area contributed by atoms with Crippen LogP contribution in [0.2, 0.25) is 0 Å². The fourth-order valence-electron chi connectivity index (χ4n) is 3.37. The highest BCUT2D eigenvalue weighted by Crippen LogP contribution is 2.18. The molecule has 2 heterocycles. The Bertz CT molecular complexity index is 811. The summed E-state index contributed by atoms with van der Waals surface area (Å²) in [4.78, 5) is 14.9. The summed E-state index contributed by atoms with van der Waals surface area (Å²) in [7, 11) is -3.21. The van der Waals surface area contributed by atoms with Gasteiger partial charge in [0.25, 0.3) is 0 Å². The van der Waals surface area contributed by atoms with Crippen LogP contribution in [0, 0.1) is 5.92 Å². The van der Waals surface area contributed by atoms with E-state index in [-0.39, 0.29) is 17.6 Å². The number of nitrogens with one attached hydrogen (secondary N) is 1.